The molecule has 0 saturated carbocycles. The first kappa shape index (κ1) is 19.7. The summed E-state index contributed by atoms with van der Waals surface area (Å²) in [6.45, 7) is 1.74. The third-order valence-corrected chi connectivity index (χ3v) is 4.71. The summed E-state index contributed by atoms with van der Waals surface area (Å²) in [4.78, 5) is 8.33. The van der Waals surface area contributed by atoms with Crippen LogP contribution in [0.15, 0.2) is 48.9 Å². The van der Waals surface area contributed by atoms with Crippen LogP contribution >= 0.6 is 0 Å². The fourth-order valence-electron chi connectivity index (χ4n) is 3.18. The molecule has 0 unspecified atom stereocenters. The van der Waals surface area contributed by atoms with Crippen LogP contribution in [0, 0.1) is 23.0 Å². The van der Waals surface area contributed by atoms with Crippen LogP contribution in [-0.4, -0.2) is 29.2 Å². The highest BCUT2D eigenvalue weighted by Gasteiger charge is 2.18. The highest BCUT2D eigenvalue weighted by Crippen LogP contribution is 2.29. The van der Waals surface area contributed by atoms with Gasteiger partial charge in [0, 0.05) is 17.8 Å². The molecule has 2 aromatic heterocycles. The Bertz CT molecular complexity index is 1090. The summed E-state index contributed by atoms with van der Waals surface area (Å²) in [6, 6.07) is 8.89. The molecule has 3 heterocycles. The minimum absolute atomic E-state index is 0.0228. The average Bonchev–Trinajstić information content (AvgIpc) is 2.77. The van der Waals surface area contributed by atoms with Gasteiger partial charge < -0.3 is 14.8 Å². The molecule has 0 bridgehead atoms. The maximum atomic E-state index is 13.5. The summed E-state index contributed by atoms with van der Waals surface area (Å²) in [6.07, 6.45) is 6.21. The van der Waals surface area contributed by atoms with Crippen molar-refractivity contribution in [1.82, 2.24) is 15.3 Å². The van der Waals surface area contributed by atoms with Gasteiger partial charge in [-0.2, -0.15) is 5.26 Å². The van der Waals surface area contributed by atoms with Crippen LogP contribution in [0.5, 0.6) is 17.4 Å². The number of nitriles is 1. The molecule has 6 nitrogen and oxygen atoms in total. The lowest BCUT2D eigenvalue weighted by Crippen LogP contribution is -2.34. The molecule has 0 aliphatic carbocycles. The van der Waals surface area contributed by atoms with Gasteiger partial charge in [0.2, 0.25) is 5.88 Å². The Balaban J connectivity index is 1.52. The molecule has 1 aromatic carbocycles. The summed E-state index contributed by atoms with van der Waals surface area (Å²) < 4.78 is 38.3. The lowest BCUT2D eigenvalue weighted by Gasteiger charge is -2.23. The zero-order valence-electron chi connectivity index (χ0n) is 15.9. The second kappa shape index (κ2) is 8.84. The van der Waals surface area contributed by atoms with Gasteiger partial charge in [0.05, 0.1) is 12.4 Å². The Morgan fingerprint density at radius 2 is 1.77 bits per heavy atom. The third-order valence-electron chi connectivity index (χ3n) is 4.71. The number of nitrogens with zero attached hydrogens (tertiary/aromatic N) is 3. The van der Waals surface area contributed by atoms with Crippen LogP contribution in [0.2, 0.25) is 0 Å². The largest absolute Gasteiger partial charge is 0.473 e. The molecule has 30 heavy (non-hydrogen) atoms. The van der Waals surface area contributed by atoms with Crippen molar-refractivity contribution in [1.29, 1.82) is 5.26 Å². The smallest absolute Gasteiger partial charge is 0.232 e. The molecule has 4 rings (SSSR count). The Morgan fingerprint density at radius 3 is 2.53 bits per heavy atom. The van der Waals surface area contributed by atoms with Crippen molar-refractivity contribution in [2.45, 2.75) is 18.9 Å². The standard InChI is InChI=1S/C22H18F2N4O2/c23-20-2-1-14(9-21(20)24)16-8-18(12-27-11-16)29-19-7-15(10-25)22(28-13-19)30-17-3-5-26-6-4-17/h1-2,7-9,11-13,17,26H,3-6H2. The van der Waals surface area contributed by atoms with Crippen molar-refractivity contribution < 1.29 is 18.3 Å². The first-order valence-electron chi connectivity index (χ1n) is 9.48. The topological polar surface area (TPSA) is 80.1 Å². The quantitative estimate of drug-likeness (QED) is 0.681. The summed E-state index contributed by atoms with van der Waals surface area (Å²) in [5.41, 5.74) is 1.30. The SMILES string of the molecule is N#Cc1cc(Oc2cncc(-c3ccc(F)c(F)c3)c2)cnc1OC1CCNCC1. The molecule has 8 heteroatoms. The molecule has 1 saturated heterocycles. The number of piperidine rings is 1. The molecule has 1 N–H and O–H groups in total. The van der Waals surface area contributed by atoms with E-state index in [-0.39, 0.29) is 17.5 Å². The molecule has 152 valence electrons. The molecule has 0 amide bonds. The van der Waals surface area contributed by atoms with Gasteiger partial charge in [-0.15, -0.1) is 0 Å². The molecular formula is C22H18F2N4O2. The van der Waals surface area contributed by atoms with Gasteiger partial charge >= 0.3 is 0 Å². The van der Waals surface area contributed by atoms with Gasteiger partial charge in [-0.05, 0) is 49.7 Å². The predicted molar refractivity (Wildman–Crippen MR) is 105 cm³/mol. The second-order valence-corrected chi connectivity index (χ2v) is 6.84. The van der Waals surface area contributed by atoms with Crippen LogP contribution in [0.3, 0.4) is 0 Å². The number of hydrogen-bond donors (Lipinski definition) is 1. The van der Waals surface area contributed by atoms with Crippen LogP contribution in [-0.2, 0) is 0 Å². The van der Waals surface area contributed by atoms with E-state index in [1.165, 1.54) is 24.7 Å². The predicted octanol–water partition coefficient (Wildman–Crippen LogP) is 4.22. The van der Waals surface area contributed by atoms with E-state index in [0.29, 0.717) is 22.6 Å². The monoisotopic (exact) mass is 408 g/mol. The molecule has 0 spiro atoms. The summed E-state index contributed by atoms with van der Waals surface area (Å²) >= 11 is 0. The zero-order valence-corrected chi connectivity index (χ0v) is 15.9. The van der Waals surface area contributed by atoms with E-state index in [1.807, 2.05) is 0 Å². The van der Waals surface area contributed by atoms with Crippen molar-refractivity contribution >= 4 is 0 Å². The van der Waals surface area contributed by atoms with Crippen LogP contribution < -0.4 is 14.8 Å². The van der Waals surface area contributed by atoms with E-state index >= 15 is 0 Å². The fraction of sp³-hybridized carbons (Fsp3) is 0.227. The van der Waals surface area contributed by atoms with E-state index in [4.69, 9.17) is 9.47 Å². The Morgan fingerprint density at radius 1 is 0.967 bits per heavy atom. The van der Waals surface area contributed by atoms with Crippen molar-refractivity contribution in [3.63, 3.8) is 0 Å². The molecule has 0 atom stereocenters. The molecule has 0 radical (unpaired) electrons. The van der Waals surface area contributed by atoms with Crippen molar-refractivity contribution in [2.75, 3.05) is 13.1 Å². The maximum absolute atomic E-state index is 13.5. The number of halogens is 2. The van der Waals surface area contributed by atoms with E-state index < -0.39 is 11.6 Å². The first-order chi connectivity index (χ1) is 14.6. The Kier molecular flexibility index (Phi) is 5.82. The molecule has 1 aliphatic heterocycles. The lowest BCUT2D eigenvalue weighted by molar-refractivity contribution is 0.155. The molecule has 3 aromatic rings. The molecule has 1 aliphatic rings. The minimum Gasteiger partial charge on any atom is -0.473 e. The highest BCUT2D eigenvalue weighted by atomic mass is 19.2. The highest BCUT2D eigenvalue weighted by molar-refractivity contribution is 5.64. The maximum Gasteiger partial charge on any atom is 0.232 e. The van der Waals surface area contributed by atoms with Crippen molar-refractivity contribution in [3.05, 3.63) is 66.1 Å². The van der Waals surface area contributed by atoms with E-state index in [2.05, 4.69) is 21.4 Å². The minimum atomic E-state index is -0.939. The first-order valence-corrected chi connectivity index (χ1v) is 9.48. The van der Waals surface area contributed by atoms with Crippen LogP contribution in [0.25, 0.3) is 11.1 Å². The zero-order chi connectivity index (χ0) is 20.9. The van der Waals surface area contributed by atoms with Gasteiger partial charge in [-0.3, -0.25) is 4.98 Å². The lowest BCUT2D eigenvalue weighted by atomic mass is 10.1. The summed E-state index contributed by atoms with van der Waals surface area (Å²) in [5, 5.41) is 12.7. The van der Waals surface area contributed by atoms with Crippen LogP contribution in [0.4, 0.5) is 8.78 Å². The van der Waals surface area contributed by atoms with E-state index in [9.17, 15) is 14.0 Å². The van der Waals surface area contributed by atoms with E-state index in [1.54, 1.807) is 12.1 Å². The third kappa shape index (κ3) is 4.53. The van der Waals surface area contributed by atoms with Crippen molar-refractivity contribution in [3.8, 4) is 34.6 Å². The van der Waals surface area contributed by atoms with E-state index in [0.717, 1.165) is 38.1 Å². The average molecular weight is 408 g/mol. The van der Waals surface area contributed by atoms with Gasteiger partial charge in [-0.1, -0.05) is 6.07 Å². The number of ether oxygens (including phenoxy) is 2. The normalized spacial score (nSPS) is 14.2. The van der Waals surface area contributed by atoms with Gasteiger partial charge in [0.1, 0.15) is 29.2 Å². The number of benzene rings is 1. The number of aromatic nitrogens is 2. The number of rotatable bonds is 5. The van der Waals surface area contributed by atoms with Gasteiger partial charge in [0.15, 0.2) is 11.6 Å². The Labute approximate surface area is 172 Å². The van der Waals surface area contributed by atoms with Crippen molar-refractivity contribution in [2.24, 2.45) is 0 Å². The second-order valence-electron chi connectivity index (χ2n) is 6.84. The molecular weight excluding hydrogens is 390 g/mol. The molecule has 1 fully saturated rings. The number of pyridine rings is 2. The summed E-state index contributed by atoms with van der Waals surface area (Å²) in [7, 11) is 0. The van der Waals surface area contributed by atoms with Crippen LogP contribution in [0.1, 0.15) is 18.4 Å². The number of hydrogen-bond acceptors (Lipinski definition) is 6. The summed E-state index contributed by atoms with van der Waals surface area (Å²) in [5.74, 6) is -0.860. The Hall–Kier alpha value is -3.57. The van der Waals surface area contributed by atoms with Gasteiger partial charge in [0.25, 0.3) is 0 Å². The fourth-order valence-corrected chi connectivity index (χ4v) is 3.18. The van der Waals surface area contributed by atoms with Gasteiger partial charge in [-0.25, -0.2) is 13.8 Å². The number of nitrogens with one attached hydrogen (secondary N) is 1.